The van der Waals surface area contributed by atoms with E-state index in [-0.39, 0.29) is 12.6 Å². The van der Waals surface area contributed by atoms with E-state index >= 15 is 0 Å². The van der Waals surface area contributed by atoms with Crippen molar-refractivity contribution in [3.05, 3.63) is 23.2 Å². The highest BCUT2D eigenvalue weighted by molar-refractivity contribution is 7.90. The minimum atomic E-state index is -3.38. The van der Waals surface area contributed by atoms with Gasteiger partial charge < -0.3 is 10.2 Å². The van der Waals surface area contributed by atoms with Crippen molar-refractivity contribution in [1.82, 2.24) is 4.72 Å². The minimum Gasteiger partial charge on any atom is -0.466 e. The van der Waals surface area contributed by atoms with Gasteiger partial charge in [-0.25, -0.2) is 13.1 Å². The third-order valence-electron chi connectivity index (χ3n) is 2.75. The lowest BCUT2D eigenvalue weighted by atomic mass is 10.1. The Morgan fingerprint density at radius 2 is 2.00 bits per heavy atom. The Morgan fingerprint density at radius 3 is 2.41 bits per heavy atom. The number of aryl methyl sites for hydroxylation is 2. The predicted octanol–water partition coefficient (Wildman–Crippen LogP) is 1.22. The third-order valence-corrected chi connectivity index (χ3v) is 4.68. The van der Waals surface area contributed by atoms with Gasteiger partial charge in [0, 0.05) is 18.2 Å². The van der Waals surface area contributed by atoms with Crippen molar-refractivity contribution >= 4 is 10.0 Å². The molecule has 17 heavy (non-hydrogen) atoms. The second kappa shape index (κ2) is 5.20. The monoisotopic (exact) mass is 260 g/mol. The topological polar surface area (TPSA) is 85.3 Å². The molecule has 1 aromatic rings. The van der Waals surface area contributed by atoms with Crippen LogP contribution in [0.5, 0.6) is 0 Å². The first kappa shape index (κ1) is 14.2. The molecule has 2 unspecified atom stereocenters. The fourth-order valence-corrected chi connectivity index (χ4v) is 2.74. The molecule has 0 aliphatic heterocycles. The van der Waals surface area contributed by atoms with Gasteiger partial charge in [-0.15, -0.1) is 0 Å². The standard InChI is InChI=1S/C11H20N2O3S/c1-7-5-11(10(4)16-7)9(3)13-17(14,15)8(2)6-12/h5,8-9,13H,6,12H2,1-4H3. The molecule has 0 aliphatic rings. The van der Waals surface area contributed by atoms with E-state index in [1.54, 1.807) is 13.8 Å². The van der Waals surface area contributed by atoms with E-state index in [1.165, 1.54) is 0 Å². The lowest BCUT2D eigenvalue weighted by molar-refractivity contribution is 0.496. The van der Waals surface area contributed by atoms with Crippen molar-refractivity contribution in [2.24, 2.45) is 5.73 Å². The predicted molar refractivity (Wildman–Crippen MR) is 67.2 cm³/mol. The average Bonchev–Trinajstić information content (AvgIpc) is 2.56. The van der Waals surface area contributed by atoms with E-state index in [2.05, 4.69) is 4.72 Å². The largest absolute Gasteiger partial charge is 0.466 e. The first-order chi connectivity index (χ1) is 7.77. The molecule has 0 saturated carbocycles. The van der Waals surface area contributed by atoms with Crippen LogP contribution in [-0.4, -0.2) is 20.2 Å². The number of nitrogens with two attached hydrogens (primary N) is 1. The highest BCUT2D eigenvalue weighted by Gasteiger charge is 2.23. The Morgan fingerprint density at radius 1 is 1.41 bits per heavy atom. The van der Waals surface area contributed by atoms with E-state index in [0.717, 1.165) is 17.1 Å². The van der Waals surface area contributed by atoms with Gasteiger partial charge in [0.15, 0.2) is 0 Å². The smallest absolute Gasteiger partial charge is 0.216 e. The first-order valence-electron chi connectivity index (χ1n) is 5.56. The summed E-state index contributed by atoms with van der Waals surface area (Å²) in [5.41, 5.74) is 6.23. The van der Waals surface area contributed by atoms with Crippen LogP contribution in [-0.2, 0) is 10.0 Å². The van der Waals surface area contributed by atoms with Gasteiger partial charge in [-0.3, -0.25) is 0 Å². The summed E-state index contributed by atoms with van der Waals surface area (Å²) < 4.78 is 31.7. The zero-order valence-electron chi connectivity index (χ0n) is 10.6. The van der Waals surface area contributed by atoms with Gasteiger partial charge in [0.1, 0.15) is 11.5 Å². The molecule has 1 rings (SSSR count). The van der Waals surface area contributed by atoms with Crippen LogP contribution in [0.25, 0.3) is 0 Å². The third kappa shape index (κ3) is 3.31. The van der Waals surface area contributed by atoms with Crippen molar-refractivity contribution < 1.29 is 12.8 Å². The zero-order chi connectivity index (χ0) is 13.2. The maximum absolute atomic E-state index is 11.8. The molecule has 1 aromatic heterocycles. The molecule has 3 N–H and O–H groups in total. The van der Waals surface area contributed by atoms with Crippen molar-refractivity contribution in [3.63, 3.8) is 0 Å². The fourth-order valence-electron chi connectivity index (χ4n) is 1.63. The maximum Gasteiger partial charge on any atom is 0.216 e. The molecule has 0 bridgehead atoms. The quantitative estimate of drug-likeness (QED) is 0.833. The van der Waals surface area contributed by atoms with Crippen LogP contribution in [0.2, 0.25) is 0 Å². The Kier molecular flexibility index (Phi) is 4.35. The number of furan rings is 1. The highest BCUT2D eigenvalue weighted by Crippen LogP contribution is 2.22. The molecule has 98 valence electrons. The van der Waals surface area contributed by atoms with Crippen LogP contribution in [0, 0.1) is 13.8 Å². The number of nitrogens with one attached hydrogen (secondary N) is 1. The molecule has 6 heteroatoms. The number of hydrogen-bond acceptors (Lipinski definition) is 4. The molecule has 0 spiro atoms. The second-order valence-electron chi connectivity index (χ2n) is 4.30. The summed E-state index contributed by atoms with van der Waals surface area (Å²) in [7, 11) is -3.38. The highest BCUT2D eigenvalue weighted by atomic mass is 32.2. The molecule has 0 radical (unpaired) electrons. The van der Waals surface area contributed by atoms with Crippen LogP contribution in [0.1, 0.15) is 37.0 Å². The summed E-state index contributed by atoms with van der Waals surface area (Å²) in [5, 5.41) is -0.599. The molecule has 2 atom stereocenters. The summed E-state index contributed by atoms with van der Waals surface area (Å²) >= 11 is 0. The lowest BCUT2D eigenvalue weighted by Crippen LogP contribution is -2.38. The first-order valence-corrected chi connectivity index (χ1v) is 7.10. The van der Waals surface area contributed by atoms with E-state index in [0.29, 0.717) is 0 Å². The molecule has 0 aliphatic carbocycles. The molecular weight excluding hydrogens is 240 g/mol. The molecule has 5 nitrogen and oxygen atoms in total. The minimum absolute atomic E-state index is 0.103. The van der Waals surface area contributed by atoms with Gasteiger partial charge in [-0.05, 0) is 33.8 Å². The molecule has 0 fully saturated rings. The van der Waals surface area contributed by atoms with Crippen LogP contribution in [0.15, 0.2) is 10.5 Å². The van der Waals surface area contributed by atoms with E-state index < -0.39 is 15.3 Å². The SMILES string of the molecule is Cc1cc(C(C)NS(=O)(=O)C(C)CN)c(C)o1. The Balaban J connectivity index is 2.86. The molecule has 1 heterocycles. The van der Waals surface area contributed by atoms with Crippen molar-refractivity contribution in [2.75, 3.05) is 6.54 Å². The van der Waals surface area contributed by atoms with Crippen molar-refractivity contribution in [2.45, 2.75) is 39.0 Å². The normalized spacial score (nSPS) is 15.8. The van der Waals surface area contributed by atoms with Crippen molar-refractivity contribution in [1.29, 1.82) is 0 Å². The van der Waals surface area contributed by atoms with Gasteiger partial charge in [-0.2, -0.15) is 0 Å². The number of rotatable bonds is 5. The summed E-state index contributed by atoms with van der Waals surface area (Å²) in [6, 6.07) is 1.53. The second-order valence-corrected chi connectivity index (χ2v) is 6.43. The zero-order valence-corrected chi connectivity index (χ0v) is 11.5. The van der Waals surface area contributed by atoms with Crippen molar-refractivity contribution in [3.8, 4) is 0 Å². The number of sulfonamides is 1. The maximum atomic E-state index is 11.8. The molecule has 0 aromatic carbocycles. The van der Waals surface area contributed by atoms with E-state index in [1.807, 2.05) is 19.9 Å². The van der Waals surface area contributed by atoms with E-state index in [9.17, 15) is 8.42 Å². The van der Waals surface area contributed by atoms with Gasteiger partial charge in [0.2, 0.25) is 10.0 Å². The van der Waals surface area contributed by atoms with Gasteiger partial charge in [-0.1, -0.05) is 0 Å². The number of hydrogen-bond donors (Lipinski definition) is 2. The van der Waals surface area contributed by atoms with Gasteiger partial charge >= 0.3 is 0 Å². The Hall–Kier alpha value is -0.850. The van der Waals surface area contributed by atoms with Gasteiger partial charge in [0.25, 0.3) is 0 Å². The average molecular weight is 260 g/mol. The fraction of sp³-hybridized carbons (Fsp3) is 0.636. The van der Waals surface area contributed by atoms with Crippen LogP contribution < -0.4 is 10.5 Å². The van der Waals surface area contributed by atoms with Gasteiger partial charge in [0.05, 0.1) is 5.25 Å². The lowest BCUT2D eigenvalue weighted by Gasteiger charge is -2.17. The Bertz CT molecular complexity index is 479. The molecular formula is C11H20N2O3S. The summed E-state index contributed by atoms with van der Waals surface area (Å²) in [6.07, 6.45) is 0. The summed E-state index contributed by atoms with van der Waals surface area (Å²) in [6.45, 7) is 7.13. The molecule has 0 amide bonds. The van der Waals surface area contributed by atoms with Crippen LogP contribution in [0.3, 0.4) is 0 Å². The molecule has 0 saturated heterocycles. The van der Waals surface area contributed by atoms with E-state index in [4.69, 9.17) is 10.2 Å². The van der Waals surface area contributed by atoms with Crippen LogP contribution in [0.4, 0.5) is 0 Å². The van der Waals surface area contributed by atoms with Crippen LogP contribution >= 0.6 is 0 Å². The Labute approximate surface area is 102 Å². The summed E-state index contributed by atoms with van der Waals surface area (Å²) in [5.74, 6) is 1.51. The summed E-state index contributed by atoms with van der Waals surface area (Å²) in [4.78, 5) is 0.